The Balaban J connectivity index is 1.95. The second-order valence-corrected chi connectivity index (χ2v) is 7.15. The molecule has 1 aliphatic heterocycles. The van der Waals surface area contributed by atoms with Crippen molar-refractivity contribution < 1.29 is 9.59 Å². The van der Waals surface area contributed by atoms with E-state index >= 15 is 0 Å². The molecule has 0 bridgehead atoms. The monoisotopic (exact) mass is 368 g/mol. The highest BCUT2D eigenvalue weighted by Crippen LogP contribution is 2.23. The molecule has 1 aliphatic rings. The lowest BCUT2D eigenvalue weighted by atomic mass is 10.1. The van der Waals surface area contributed by atoms with Crippen molar-refractivity contribution in [3.05, 3.63) is 46.5 Å². The lowest BCUT2D eigenvalue weighted by Gasteiger charge is -2.21. The molecule has 6 nitrogen and oxygen atoms in total. The van der Waals surface area contributed by atoms with Crippen molar-refractivity contribution in [1.82, 2.24) is 14.5 Å². The van der Waals surface area contributed by atoms with Crippen LogP contribution in [0, 0.1) is 13.8 Å². The summed E-state index contributed by atoms with van der Waals surface area (Å²) >= 11 is 0. The van der Waals surface area contributed by atoms with Gasteiger partial charge in [-0.2, -0.15) is 0 Å². The van der Waals surface area contributed by atoms with E-state index in [-0.39, 0.29) is 11.8 Å². The first-order valence-corrected chi connectivity index (χ1v) is 9.72. The number of hydrogen-bond donors (Lipinski definition) is 1. The maximum Gasteiger partial charge on any atom is 0.289 e. The van der Waals surface area contributed by atoms with Crippen molar-refractivity contribution >= 4 is 17.5 Å². The van der Waals surface area contributed by atoms with Crippen LogP contribution in [0.5, 0.6) is 0 Å². The highest BCUT2D eigenvalue weighted by Gasteiger charge is 2.29. The molecule has 6 heteroatoms. The van der Waals surface area contributed by atoms with Crippen LogP contribution in [0.25, 0.3) is 0 Å². The maximum absolute atomic E-state index is 12.9. The number of carbonyl (C=O) groups is 2. The fraction of sp³-hybridized carbons (Fsp3) is 0.476. The third-order valence-electron chi connectivity index (χ3n) is 5.05. The van der Waals surface area contributed by atoms with Crippen molar-refractivity contribution in [2.75, 3.05) is 18.4 Å². The Bertz CT molecular complexity index is 845. The predicted octanol–water partition coefficient (Wildman–Crippen LogP) is 3.57. The summed E-state index contributed by atoms with van der Waals surface area (Å²) in [7, 11) is 0. The second kappa shape index (κ2) is 7.94. The smallest absolute Gasteiger partial charge is 0.289 e. The third kappa shape index (κ3) is 3.89. The minimum atomic E-state index is -0.246. The molecule has 1 N–H and O–H groups in total. The number of nitrogens with zero attached hydrogens (tertiary/aromatic N) is 3. The van der Waals surface area contributed by atoms with Gasteiger partial charge in [0.15, 0.2) is 11.5 Å². The molecule has 1 aromatic carbocycles. The van der Waals surface area contributed by atoms with E-state index < -0.39 is 0 Å². The Morgan fingerprint density at radius 1 is 1.11 bits per heavy atom. The molecular formula is C21H28N4O2. The summed E-state index contributed by atoms with van der Waals surface area (Å²) in [5.74, 6) is 0.0387. The van der Waals surface area contributed by atoms with Crippen LogP contribution >= 0.6 is 0 Å². The van der Waals surface area contributed by atoms with Crippen LogP contribution in [0.4, 0.5) is 5.69 Å². The fourth-order valence-corrected chi connectivity index (χ4v) is 3.78. The molecule has 3 rings (SSSR count). The Labute approximate surface area is 160 Å². The van der Waals surface area contributed by atoms with Crippen molar-refractivity contribution in [1.29, 1.82) is 0 Å². The van der Waals surface area contributed by atoms with Gasteiger partial charge in [0.05, 0.1) is 5.69 Å². The molecule has 0 fully saturated rings. The summed E-state index contributed by atoms with van der Waals surface area (Å²) in [4.78, 5) is 32.1. The third-order valence-corrected chi connectivity index (χ3v) is 5.05. The van der Waals surface area contributed by atoms with Gasteiger partial charge in [0.1, 0.15) is 0 Å². The number of fused-ring (bicyclic) bond motifs is 1. The first kappa shape index (κ1) is 19.1. The number of nitrogens with one attached hydrogen (secondary N) is 1. The van der Waals surface area contributed by atoms with E-state index in [1.54, 1.807) is 4.90 Å². The molecule has 0 spiro atoms. The zero-order valence-corrected chi connectivity index (χ0v) is 16.6. The van der Waals surface area contributed by atoms with Gasteiger partial charge in [-0.05, 0) is 70.2 Å². The van der Waals surface area contributed by atoms with E-state index in [1.807, 2.05) is 44.4 Å². The molecular weight excluding hydrogens is 340 g/mol. The second-order valence-electron chi connectivity index (χ2n) is 7.15. The van der Waals surface area contributed by atoms with Crippen LogP contribution in [0.2, 0.25) is 0 Å². The number of benzene rings is 1. The average Bonchev–Trinajstić information content (AvgIpc) is 3.01. The number of imidazole rings is 1. The van der Waals surface area contributed by atoms with Gasteiger partial charge >= 0.3 is 0 Å². The lowest BCUT2D eigenvalue weighted by molar-refractivity contribution is 0.0754. The van der Waals surface area contributed by atoms with Gasteiger partial charge < -0.3 is 14.8 Å². The summed E-state index contributed by atoms with van der Waals surface area (Å²) in [6.07, 6.45) is 2.78. The number of aryl methyl sites for hydroxylation is 2. The van der Waals surface area contributed by atoms with Crippen molar-refractivity contribution in [2.45, 2.75) is 53.5 Å². The van der Waals surface area contributed by atoms with Crippen molar-refractivity contribution in [2.24, 2.45) is 0 Å². The molecule has 0 atom stereocenters. The zero-order valence-electron chi connectivity index (χ0n) is 16.6. The van der Waals surface area contributed by atoms with Crippen molar-refractivity contribution in [3.63, 3.8) is 0 Å². The summed E-state index contributed by atoms with van der Waals surface area (Å²) in [5, 5.41) is 2.96. The Morgan fingerprint density at radius 2 is 1.78 bits per heavy atom. The molecule has 0 saturated heterocycles. The molecule has 2 aromatic rings. The van der Waals surface area contributed by atoms with Crippen LogP contribution in [-0.4, -0.2) is 39.4 Å². The molecule has 0 saturated carbocycles. The average molecular weight is 368 g/mol. The number of hydrogen-bond acceptors (Lipinski definition) is 3. The predicted molar refractivity (Wildman–Crippen MR) is 106 cm³/mol. The number of anilines is 1. The van der Waals surface area contributed by atoms with Gasteiger partial charge in [-0.1, -0.05) is 6.07 Å². The highest BCUT2D eigenvalue weighted by atomic mass is 16.2. The standard InChI is InChI=1S/C21H28N4O2/c1-5-24(6-2)21(27)19-23-18(17-9-7-8-10-25(17)19)20(26)22-16-12-14(3)11-15(4)13-16/h11-13H,5-10H2,1-4H3,(H,22,26). The summed E-state index contributed by atoms with van der Waals surface area (Å²) in [6, 6.07) is 5.94. The number of amides is 2. The van der Waals surface area contributed by atoms with Gasteiger partial charge in [0.25, 0.3) is 11.8 Å². The van der Waals surface area contributed by atoms with E-state index in [4.69, 9.17) is 0 Å². The molecule has 0 radical (unpaired) electrons. The van der Waals surface area contributed by atoms with Gasteiger partial charge in [0, 0.05) is 25.3 Å². The Kier molecular flexibility index (Phi) is 5.63. The molecule has 0 aliphatic carbocycles. The fourth-order valence-electron chi connectivity index (χ4n) is 3.78. The molecule has 144 valence electrons. The van der Waals surface area contributed by atoms with Crippen LogP contribution in [0.15, 0.2) is 18.2 Å². The highest BCUT2D eigenvalue weighted by molar-refractivity contribution is 6.05. The Hall–Kier alpha value is -2.63. The summed E-state index contributed by atoms with van der Waals surface area (Å²) < 4.78 is 1.94. The SMILES string of the molecule is CCN(CC)C(=O)c1nc(C(=O)Nc2cc(C)cc(C)c2)c2n1CCCC2. The molecule has 2 heterocycles. The summed E-state index contributed by atoms with van der Waals surface area (Å²) in [5.41, 5.74) is 4.19. The zero-order chi connectivity index (χ0) is 19.6. The first-order chi connectivity index (χ1) is 12.9. The van der Waals surface area contributed by atoms with E-state index in [2.05, 4.69) is 16.4 Å². The quantitative estimate of drug-likeness (QED) is 0.877. The minimum absolute atomic E-state index is 0.103. The van der Waals surface area contributed by atoms with Gasteiger partial charge in [-0.25, -0.2) is 4.98 Å². The molecule has 1 aromatic heterocycles. The molecule has 27 heavy (non-hydrogen) atoms. The van der Waals surface area contributed by atoms with Crippen LogP contribution in [0.1, 0.15) is 64.6 Å². The molecule has 0 unspecified atom stereocenters. The number of rotatable bonds is 5. The van der Waals surface area contributed by atoms with Crippen LogP contribution < -0.4 is 5.32 Å². The number of carbonyl (C=O) groups excluding carboxylic acids is 2. The Morgan fingerprint density at radius 3 is 2.41 bits per heavy atom. The normalized spacial score (nSPS) is 13.2. The minimum Gasteiger partial charge on any atom is -0.337 e. The van der Waals surface area contributed by atoms with Gasteiger partial charge in [-0.15, -0.1) is 0 Å². The maximum atomic E-state index is 12.9. The van der Waals surface area contributed by atoms with Crippen molar-refractivity contribution in [3.8, 4) is 0 Å². The van der Waals surface area contributed by atoms with E-state index in [1.165, 1.54) is 0 Å². The molecule has 2 amide bonds. The number of aromatic nitrogens is 2. The van der Waals surface area contributed by atoms with Gasteiger partial charge in [0.2, 0.25) is 0 Å². The largest absolute Gasteiger partial charge is 0.337 e. The van der Waals surface area contributed by atoms with Crippen LogP contribution in [0.3, 0.4) is 0 Å². The van der Waals surface area contributed by atoms with E-state index in [0.717, 1.165) is 48.3 Å². The van der Waals surface area contributed by atoms with Gasteiger partial charge in [-0.3, -0.25) is 9.59 Å². The topological polar surface area (TPSA) is 67.2 Å². The lowest BCUT2D eigenvalue weighted by Crippen LogP contribution is -2.33. The van der Waals surface area contributed by atoms with E-state index in [0.29, 0.717) is 24.6 Å². The van der Waals surface area contributed by atoms with E-state index in [9.17, 15) is 9.59 Å². The first-order valence-electron chi connectivity index (χ1n) is 9.72. The summed E-state index contributed by atoms with van der Waals surface area (Å²) in [6.45, 7) is 9.90. The van der Waals surface area contributed by atoms with Crippen LogP contribution in [-0.2, 0) is 13.0 Å².